The van der Waals surface area contributed by atoms with Crippen molar-refractivity contribution in [1.29, 1.82) is 0 Å². The topological polar surface area (TPSA) is 51.2 Å². The zero-order chi connectivity index (χ0) is 15.2. The van der Waals surface area contributed by atoms with Gasteiger partial charge in [-0.25, -0.2) is 9.18 Å². The standard InChI is InChI=1S/C16H17FN2O2/c1-11(15-5-3-4-8-18-15)19-10-12-6-7-13(14(17)9-12)16(20)21-2/h3-9,11,19H,10H2,1-2H3/t11-/m1/s1. The first-order valence-corrected chi connectivity index (χ1v) is 6.63. The molecule has 1 aromatic carbocycles. The molecule has 4 nitrogen and oxygen atoms in total. The molecule has 0 unspecified atom stereocenters. The number of esters is 1. The average Bonchev–Trinajstić information content (AvgIpc) is 2.52. The second kappa shape index (κ2) is 6.95. The molecular weight excluding hydrogens is 271 g/mol. The van der Waals surface area contributed by atoms with Crippen LogP contribution >= 0.6 is 0 Å². The van der Waals surface area contributed by atoms with Crippen molar-refractivity contribution in [1.82, 2.24) is 10.3 Å². The maximum absolute atomic E-state index is 13.8. The van der Waals surface area contributed by atoms with E-state index in [1.807, 2.05) is 25.1 Å². The molecule has 110 valence electrons. The largest absolute Gasteiger partial charge is 0.465 e. The molecule has 0 amide bonds. The minimum atomic E-state index is -0.672. The van der Waals surface area contributed by atoms with Crippen LogP contribution in [0.1, 0.15) is 34.6 Å². The van der Waals surface area contributed by atoms with Crippen LogP contribution in [0.25, 0.3) is 0 Å². The van der Waals surface area contributed by atoms with Gasteiger partial charge in [0.15, 0.2) is 0 Å². The fourth-order valence-corrected chi connectivity index (χ4v) is 1.95. The van der Waals surface area contributed by atoms with Crippen molar-refractivity contribution in [2.75, 3.05) is 7.11 Å². The number of methoxy groups -OCH3 is 1. The number of halogens is 1. The molecular formula is C16H17FN2O2. The zero-order valence-corrected chi connectivity index (χ0v) is 12.0. The molecule has 0 bridgehead atoms. The molecule has 1 heterocycles. The lowest BCUT2D eigenvalue weighted by molar-refractivity contribution is 0.0595. The van der Waals surface area contributed by atoms with Crippen molar-refractivity contribution in [2.24, 2.45) is 0 Å². The lowest BCUT2D eigenvalue weighted by atomic mass is 10.1. The van der Waals surface area contributed by atoms with Crippen LogP contribution in [0.3, 0.4) is 0 Å². The Morgan fingerprint density at radius 2 is 2.19 bits per heavy atom. The van der Waals surface area contributed by atoms with E-state index in [2.05, 4.69) is 15.0 Å². The number of hydrogen-bond donors (Lipinski definition) is 1. The van der Waals surface area contributed by atoms with Crippen molar-refractivity contribution in [3.05, 3.63) is 65.2 Å². The van der Waals surface area contributed by atoms with Gasteiger partial charge >= 0.3 is 5.97 Å². The third-order valence-corrected chi connectivity index (χ3v) is 3.18. The number of benzene rings is 1. The summed E-state index contributed by atoms with van der Waals surface area (Å²) < 4.78 is 18.3. The van der Waals surface area contributed by atoms with Crippen molar-refractivity contribution >= 4 is 5.97 Å². The first-order valence-electron chi connectivity index (χ1n) is 6.63. The van der Waals surface area contributed by atoms with E-state index in [0.717, 1.165) is 11.3 Å². The quantitative estimate of drug-likeness (QED) is 0.860. The number of carbonyl (C=O) groups excluding carboxylic acids is 1. The SMILES string of the molecule is COC(=O)c1ccc(CN[C@H](C)c2ccccn2)cc1F. The summed E-state index contributed by atoms with van der Waals surface area (Å²) in [7, 11) is 1.23. The third kappa shape index (κ3) is 3.86. The number of nitrogens with zero attached hydrogens (tertiary/aromatic N) is 1. The molecule has 1 N–H and O–H groups in total. The monoisotopic (exact) mass is 288 g/mol. The van der Waals surface area contributed by atoms with E-state index in [9.17, 15) is 9.18 Å². The summed E-state index contributed by atoms with van der Waals surface area (Å²) in [5, 5.41) is 3.26. The van der Waals surface area contributed by atoms with Crippen molar-refractivity contribution < 1.29 is 13.9 Å². The van der Waals surface area contributed by atoms with Crippen molar-refractivity contribution in [3.8, 4) is 0 Å². The number of aromatic nitrogens is 1. The first kappa shape index (κ1) is 15.1. The van der Waals surface area contributed by atoms with E-state index in [1.54, 1.807) is 12.3 Å². The van der Waals surface area contributed by atoms with Gasteiger partial charge in [0.05, 0.1) is 18.4 Å². The summed E-state index contributed by atoms with van der Waals surface area (Å²) in [5.41, 5.74) is 1.62. The molecule has 0 radical (unpaired) electrons. The molecule has 2 aromatic rings. The molecule has 0 aliphatic carbocycles. The van der Waals surface area contributed by atoms with Crippen LogP contribution in [0, 0.1) is 5.82 Å². The molecule has 0 saturated heterocycles. The molecule has 5 heteroatoms. The van der Waals surface area contributed by atoms with E-state index in [1.165, 1.54) is 19.2 Å². The first-order chi connectivity index (χ1) is 10.1. The Balaban J connectivity index is 2.01. The minimum absolute atomic E-state index is 0.0505. The Hall–Kier alpha value is -2.27. The summed E-state index contributed by atoms with van der Waals surface area (Å²) in [6.07, 6.45) is 1.73. The molecule has 1 atom stereocenters. The molecule has 0 aliphatic heterocycles. The summed E-state index contributed by atoms with van der Waals surface area (Å²) in [6.45, 7) is 2.47. The minimum Gasteiger partial charge on any atom is -0.465 e. The summed E-state index contributed by atoms with van der Waals surface area (Å²) in [4.78, 5) is 15.6. The molecule has 1 aromatic heterocycles. The fourth-order valence-electron chi connectivity index (χ4n) is 1.95. The lowest BCUT2D eigenvalue weighted by Gasteiger charge is -2.13. The van der Waals surface area contributed by atoms with E-state index < -0.39 is 11.8 Å². The summed E-state index contributed by atoms with van der Waals surface area (Å²) in [6, 6.07) is 10.2. The number of nitrogens with one attached hydrogen (secondary N) is 1. The fraction of sp³-hybridized carbons (Fsp3) is 0.250. The number of ether oxygens (including phenoxy) is 1. The summed E-state index contributed by atoms with van der Waals surface area (Å²) >= 11 is 0. The Morgan fingerprint density at radius 3 is 2.81 bits per heavy atom. The van der Waals surface area contributed by atoms with E-state index in [0.29, 0.717) is 6.54 Å². The van der Waals surface area contributed by atoms with Gasteiger partial charge in [0.2, 0.25) is 0 Å². The van der Waals surface area contributed by atoms with Gasteiger partial charge in [0.1, 0.15) is 5.82 Å². The Kier molecular flexibility index (Phi) is 5.00. The molecule has 21 heavy (non-hydrogen) atoms. The van der Waals surface area contributed by atoms with Crippen LogP contribution in [0.2, 0.25) is 0 Å². The lowest BCUT2D eigenvalue weighted by Crippen LogP contribution is -2.19. The number of pyridine rings is 1. The van der Waals surface area contributed by atoms with Crippen LogP contribution < -0.4 is 5.32 Å². The highest BCUT2D eigenvalue weighted by molar-refractivity contribution is 5.89. The van der Waals surface area contributed by atoms with Crippen LogP contribution in [0.5, 0.6) is 0 Å². The Bertz CT molecular complexity index is 617. The van der Waals surface area contributed by atoms with E-state index in [-0.39, 0.29) is 11.6 Å². The number of carbonyl (C=O) groups is 1. The normalized spacial score (nSPS) is 12.0. The Labute approximate surface area is 123 Å². The van der Waals surface area contributed by atoms with Gasteiger partial charge in [-0.15, -0.1) is 0 Å². The molecule has 0 saturated carbocycles. The van der Waals surface area contributed by atoms with E-state index >= 15 is 0 Å². The van der Waals surface area contributed by atoms with Gasteiger partial charge in [-0.3, -0.25) is 4.98 Å². The van der Waals surface area contributed by atoms with Gasteiger partial charge in [-0.05, 0) is 36.8 Å². The highest BCUT2D eigenvalue weighted by Gasteiger charge is 2.12. The molecule has 0 fully saturated rings. The van der Waals surface area contributed by atoms with Crippen molar-refractivity contribution in [3.63, 3.8) is 0 Å². The highest BCUT2D eigenvalue weighted by atomic mass is 19.1. The second-order valence-electron chi connectivity index (χ2n) is 4.66. The molecule has 0 spiro atoms. The molecule has 0 aliphatic rings. The average molecular weight is 288 g/mol. The number of rotatable bonds is 5. The predicted octanol–water partition coefficient (Wildman–Crippen LogP) is 2.86. The number of hydrogen-bond acceptors (Lipinski definition) is 4. The van der Waals surface area contributed by atoms with Gasteiger partial charge in [0, 0.05) is 18.8 Å². The van der Waals surface area contributed by atoms with Gasteiger partial charge in [-0.2, -0.15) is 0 Å². The predicted molar refractivity (Wildman–Crippen MR) is 77.2 cm³/mol. The second-order valence-corrected chi connectivity index (χ2v) is 4.66. The molecule has 2 rings (SSSR count). The van der Waals surface area contributed by atoms with Crippen LogP contribution in [0.4, 0.5) is 4.39 Å². The maximum atomic E-state index is 13.8. The van der Waals surface area contributed by atoms with Crippen LogP contribution in [-0.2, 0) is 11.3 Å². The van der Waals surface area contributed by atoms with Crippen molar-refractivity contribution in [2.45, 2.75) is 19.5 Å². The maximum Gasteiger partial charge on any atom is 0.340 e. The van der Waals surface area contributed by atoms with Crippen LogP contribution in [0.15, 0.2) is 42.6 Å². The van der Waals surface area contributed by atoms with Gasteiger partial charge in [0.25, 0.3) is 0 Å². The van der Waals surface area contributed by atoms with Gasteiger partial charge in [-0.1, -0.05) is 12.1 Å². The van der Waals surface area contributed by atoms with Crippen LogP contribution in [-0.4, -0.2) is 18.1 Å². The Morgan fingerprint density at radius 1 is 1.38 bits per heavy atom. The zero-order valence-electron chi connectivity index (χ0n) is 12.0. The van der Waals surface area contributed by atoms with Gasteiger partial charge < -0.3 is 10.1 Å². The summed E-state index contributed by atoms with van der Waals surface area (Å²) in [5.74, 6) is -1.25. The van der Waals surface area contributed by atoms with E-state index in [4.69, 9.17) is 0 Å². The highest BCUT2D eigenvalue weighted by Crippen LogP contribution is 2.14. The smallest absolute Gasteiger partial charge is 0.340 e. The third-order valence-electron chi connectivity index (χ3n) is 3.18.